The molecule has 0 fully saturated rings. The number of benzene rings is 1. The van der Waals surface area contributed by atoms with E-state index >= 15 is 0 Å². The number of nitrogens with one attached hydrogen (secondary N) is 1. The molecule has 1 atom stereocenters. The van der Waals surface area contributed by atoms with Crippen molar-refractivity contribution in [2.24, 2.45) is 0 Å². The zero-order valence-corrected chi connectivity index (χ0v) is 13.5. The molecule has 1 aromatic carbocycles. The quantitative estimate of drug-likeness (QED) is 0.697. The van der Waals surface area contributed by atoms with E-state index in [2.05, 4.69) is 44.3 Å². The lowest BCUT2D eigenvalue weighted by Gasteiger charge is -2.21. The summed E-state index contributed by atoms with van der Waals surface area (Å²) in [5.41, 5.74) is 4.16. The van der Waals surface area contributed by atoms with Gasteiger partial charge in [0.15, 0.2) is 0 Å². The Kier molecular flexibility index (Phi) is 8.19. The van der Waals surface area contributed by atoms with E-state index in [9.17, 15) is 0 Å². The number of ether oxygens (including phenoxy) is 1. The van der Waals surface area contributed by atoms with Gasteiger partial charge < -0.3 is 10.1 Å². The zero-order valence-electron chi connectivity index (χ0n) is 12.7. The van der Waals surface area contributed by atoms with E-state index in [0.717, 1.165) is 24.7 Å². The van der Waals surface area contributed by atoms with Gasteiger partial charge in [-0.3, -0.25) is 0 Å². The predicted octanol–water partition coefficient (Wildman–Crippen LogP) is 3.72. The van der Waals surface area contributed by atoms with Crippen molar-refractivity contribution < 1.29 is 4.74 Å². The fraction of sp³-hybridized carbons (Fsp3) is 0.625. The summed E-state index contributed by atoms with van der Waals surface area (Å²) in [7, 11) is 1.76. The van der Waals surface area contributed by atoms with Crippen LogP contribution in [0.25, 0.3) is 0 Å². The summed E-state index contributed by atoms with van der Waals surface area (Å²) < 4.78 is 5.11. The molecular weight excluding hydrogens is 254 g/mol. The molecule has 0 radical (unpaired) electrons. The first-order chi connectivity index (χ1) is 9.19. The zero-order chi connectivity index (χ0) is 14.1. The summed E-state index contributed by atoms with van der Waals surface area (Å²) >= 11 is 1.96. The second-order valence-electron chi connectivity index (χ2n) is 4.93. The first-order valence-electron chi connectivity index (χ1n) is 7.06. The summed E-state index contributed by atoms with van der Waals surface area (Å²) in [5.74, 6) is 2.17. The van der Waals surface area contributed by atoms with Gasteiger partial charge in [-0.05, 0) is 37.9 Å². The van der Waals surface area contributed by atoms with Crippen LogP contribution in [0.3, 0.4) is 0 Å². The van der Waals surface area contributed by atoms with Crippen molar-refractivity contribution in [1.29, 1.82) is 0 Å². The maximum Gasteiger partial charge on any atom is 0.0552 e. The normalized spacial score (nSPS) is 12.6. The van der Waals surface area contributed by atoms with E-state index < -0.39 is 0 Å². The maximum atomic E-state index is 5.11. The summed E-state index contributed by atoms with van der Waals surface area (Å²) in [4.78, 5) is 0. The van der Waals surface area contributed by atoms with Crippen molar-refractivity contribution in [1.82, 2.24) is 5.32 Å². The fourth-order valence-electron chi connectivity index (χ4n) is 2.14. The third kappa shape index (κ3) is 5.98. The van der Waals surface area contributed by atoms with Crippen LogP contribution in [0.2, 0.25) is 0 Å². The molecule has 2 nitrogen and oxygen atoms in total. The molecule has 0 spiro atoms. The molecule has 1 unspecified atom stereocenters. The van der Waals surface area contributed by atoms with Crippen LogP contribution in [-0.2, 0) is 4.74 Å². The molecule has 0 bridgehead atoms. The SMILES string of the molecule is CCCNC(CSCCOC)c1ccc(C)cc1C. The van der Waals surface area contributed by atoms with Crippen molar-refractivity contribution in [2.75, 3.05) is 31.8 Å². The van der Waals surface area contributed by atoms with Crippen LogP contribution in [-0.4, -0.2) is 31.8 Å². The monoisotopic (exact) mass is 281 g/mol. The minimum atomic E-state index is 0.447. The van der Waals surface area contributed by atoms with Gasteiger partial charge in [0.2, 0.25) is 0 Å². The smallest absolute Gasteiger partial charge is 0.0552 e. The van der Waals surface area contributed by atoms with Gasteiger partial charge in [0.25, 0.3) is 0 Å². The lowest BCUT2D eigenvalue weighted by molar-refractivity contribution is 0.218. The highest BCUT2D eigenvalue weighted by Gasteiger charge is 2.13. The van der Waals surface area contributed by atoms with Crippen LogP contribution in [0.15, 0.2) is 18.2 Å². The third-order valence-electron chi connectivity index (χ3n) is 3.16. The van der Waals surface area contributed by atoms with E-state index in [4.69, 9.17) is 4.74 Å². The highest BCUT2D eigenvalue weighted by molar-refractivity contribution is 7.99. The van der Waals surface area contributed by atoms with Gasteiger partial charge in [-0.25, -0.2) is 0 Å². The minimum absolute atomic E-state index is 0.447. The summed E-state index contributed by atoms with van der Waals surface area (Å²) in [5, 5.41) is 3.66. The van der Waals surface area contributed by atoms with Crippen LogP contribution in [0.5, 0.6) is 0 Å². The van der Waals surface area contributed by atoms with Crippen molar-refractivity contribution in [3.63, 3.8) is 0 Å². The number of hydrogen-bond acceptors (Lipinski definition) is 3. The fourth-order valence-corrected chi connectivity index (χ4v) is 3.12. The Morgan fingerprint density at radius 2 is 2.11 bits per heavy atom. The van der Waals surface area contributed by atoms with Gasteiger partial charge in [0, 0.05) is 24.7 Å². The van der Waals surface area contributed by atoms with E-state index in [1.807, 2.05) is 11.8 Å². The van der Waals surface area contributed by atoms with Crippen LogP contribution in [0.4, 0.5) is 0 Å². The average molecular weight is 281 g/mol. The number of aryl methyl sites for hydroxylation is 2. The van der Waals surface area contributed by atoms with Gasteiger partial charge in [0.05, 0.1) is 6.61 Å². The van der Waals surface area contributed by atoms with Gasteiger partial charge in [-0.1, -0.05) is 30.7 Å². The predicted molar refractivity (Wildman–Crippen MR) is 86.2 cm³/mol. The molecule has 0 aromatic heterocycles. The molecule has 0 saturated carbocycles. The van der Waals surface area contributed by atoms with Crippen LogP contribution in [0.1, 0.15) is 36.1 Å². The molecule has 0 aliphatic carbocycles. The summed E-state index contributed by atoms with van der Waals surface area (Å²) in [6.07, 6.45) is 1.17. The number of methoxy groups -OCH3 is 1. The molecule has 3 heteroatoms. The Labute approximate surface area is 122 Å². The van der Waals surface area contributed by atoms with Gasteiger partial charge in [0.1, 0.15) is 0 Å². The van der Waals surface area contributed by atoms with Crippen molar-refractivity contribution in [3.8, 4) is 0 Å². The van der Waals surface area contributed by atoms with Crippen molar-refractivity contribution in [3.05, 3.63) is 34.9 Å². The molecule has 1 rings (SSSR count). The molecule has 108 valence electrons. The van der Waals surface area contributed by atoms with Crippen molar-refractivity contribution >= 4 is 11.8 Å². The Bertz CT molecular complexity index is 368. The summed E-state index contributed by atoms with van der Waals surface area (Å²) in [6.45, 7) is 8.48. The standard InChI is InChI=1S/C16H27NOS/c1-5-8-17-16(12-19-10-9-18-4)15-7-6-13(2)11-14(15)3/h6-7,11,16-17H,5,8-10,12H2,1-4H3. The lowest BCUT2D eigenvalue weighted by atomic mass is 10.00. The summed E-state index contributed by atoms with van der Waals surface area (Å²) in [6, 6.07) is 7.20. The Hall–Kier alpha value is -0.510. The highest BCUT2D eigenvalue weighted by atomic mass is 32.2. The minimum Gasteiger partial charge on any atom is -0.384 e. The second-order valence-corrected chi connectivity index (χ2v) is 6.08. The van der Waals surface area contributed by atoms with E-state index in [0.29, 0.717) is 6.04 Å². The number of rotatable bonds is 9. The molecule has 0 saturated heterocycles. The van der Waals surface area contributed by atoms with Gasteiger partial charge in [-0.2, -0.15) is 11.8 Å². The molecule has 0 heterocycles. The lowest BCUT2D eigenvalue weighted by Crippen LogP contribution is -2.25. The van der Waals surface area contributed by atoms with Gasteiger partial charge >= 0.3 is 0 Å². The second kappa shape index (κ2) is 9.40. The molecule has 0 aliphatic rings. The van der Waals surface area contributed by atoms with Crippen LogP contribution in [0, 0.1) is 13.8 Å². The molecule has 0 amide bonds. The average Bonchev–Trinajstić information content (AvgIpc) is 2.39. The Morgan fingerprint density at radius 1 is 1.32 bits per heavy atom. The highest BCUT2D eigenvalue weighted by Crippen LogP contribution is 2.22. The van der Waals surface area contributed by atoms with E-state index in [1.54, 1.807) is 7.11 Å². The Balaban J connectivity index is 2.66. The van der Waals surface area contributed by atoms with Gasteiger partial charge in [-0.15, -0.1) is 0 Å². The van der Waals surface area contributed by atoms with E-state index in [-0.39, 0.29) is 0 Å². The van der Waals surface area contributed by atoms with Crippen molar-refractivity contribution in [2.45, 2.75) is 33.2 Å². The first-order valence-corrected chi connectivity index (χ1v) is 8.21. The topological polar surface area (TPSA) is 21.3 Å². The molecule has 1 N–H and O–H groups in total. The Morgan fingerprint density at radius 3 is 2.74 bits per heavy atom. The van der Waals surface area contributed by atoms with Crippen LogP contribution >= 0.6 is 11.8 Å². The number of hydrogen-bond donors (Lipinski definition) is 1. The maximum absolute atomic E-state index is 5.11. The molecule has 1 aromatic rings. The van der Waals surface area contributed by atoms with Crippen LogP contribution < -0.4 is 5.32 Å². The molecule has 19 heavy (non-hydrogen) atoms. The van der Waals surface area contributed by atoms with E-state index in [1.165, 1.54) is 23.1 Å². The largest absolute Gasteiger partial charge is 0.384 e. The first kappa shape index (κ1) is 16.5. The number of thioether (sulfide) groups is 1. The third-order valence-corrected chi connectivity index (χ3v) is 4.18. The molecular formula is C16H27NOS. The molecule has 0 aliphatic heterocycles.